The zero-order valence-corrected chi connectivity index (χ0v) is 16.4. The predicted octanol–water partition coefficient (Wildman–Crippen LogP) is 4.40. The van der Waals surface area contributed by atoms with Crippen molar-refractivity contribution in [1.82, 2.24) is 4.90 Å². The van der Waals surface area contributed by atoms with Gasteiger partial charge in [0.1, 0.15) is 5.60 Å². The van der Waals surface area contributed by atoms with E-state index in [-0.39, 0.29) is 11.7 Å². The van der Waals surface area contributed by atoms with Crippen LogP contribution in [0.15, 0.2) is 0 Å². The zero-order chi connectivity index (χ0) is 16.2. The molecule has 4 nitrogen and oxygen atoms in total. The van der Waals surface area contributed by atoms with Crippen LogP contribution in [-0.2, 0) is 9.47 Å². The molecule has 128 valence electrons. The number of halogens is 1. The smallest absolute Gasteiger partial charge is 0.410 e. The zero-order valence-electron chi connectivity index (χ0n) is 14.2. The number of ether oxygens (including phenoxy) is 2. The molecule has 2 fully saturated rings. The first-order valence-corrected chi connectivity index (χ1v) is 10.0. The molecule has 2 aliphatic rings. The average molecular weight is 423 g/mol. The van der Waals surface area contributed by atoms with Gasteiger partial charge in [-0.25, -0.2) is 4.79 Å². The molecular formula is C17H30INO3. The maximum Gasteiger partial charge on any atom is 0.410 e. The number of piperidine rings is 1. The molecule has 1 aliphatic heterocycles. The van der Waals surface area contributed by atoms with Gasteiger partial charge >= 0.3 is 6.09 Å². The lowest BCUT2D eigenvalue weighted by atomic mass is 9.93. The first-order valence-electron chi connectivity index (χ1n) is 8.51. The normalized spacial score (nSPS) is 22.8. The Morgan fingerprint density at radius 3 is 2.32 bits per heavy atom. The fourth-order valence-electron chi connectivity index (χ4n) is 3.21. The first-order chi connectivity index (χ1) is 10.3. The van der Waals surface area contributed by atoms with Crippen molar-refractivity contribution in [2.24, 2.45) is 5.92 Å². The highest BCUT2D eigenvalue weighted by Gasteiger charge is 2.37. The largest absolute Gasteiger partial charge is 0.444 e. The second-order valence-electron chi connectivity index (χ2n) is 7.75. The fourth-order valence-corrected chi connectivity index (χ4v) is 4.19. The minimum absolute atomic E-state index is 0.0400. The summed E-state index contributed by atoms with van der Waals surface area (Å²) in [5, 5.41) is 0. The van der Waals surface area contributed by atoms with E-state index in [0.717, 1.165) is 42.9 Å². The molecule has 5 heteroatoms. The Kier molecular flexibility index (Phi) is 6.39. The van der Waals surface area contributed by atoms with Crippen LogP contribution in [0, 0.1) is 5.92 Å². The maximum absolute atomic E-state index is 12.1. The number of alkyl halides is 1. The summed E-state index contributed by atoms with van der Waals surface area (Å²) in [6, 6.07) is 0. The van der Waals surface area contributed by atoms with Crippen molar-refractivity contribution in [2.45, 2.75) is 70.5 Å². The lowest BCUT2D eigenvalue weighted by molar-refractivity contribution is -0.0782. The quantitative estimate of drug-likeness (QED) is 0.497. The third-order valence-electron chi connectivity index (χ3n) is 4.67. The highest BCUT2D eigenvalue weighted by atomic mass is 127. The molecule has 0 spiro atoms. The molecule has 1 aliphatic carbocycles. The summed E-state index contributed by atoms with van der Waals surface area (Å²) in [7, 11) is 0. The van der Waals surface area contributed by atoms with Gasteiger partial charge in [-0.3, -0.25) is 0 Å². The van der Waals surface area contributed by atoms with Crippen LogP contribution in [0.4, 0.5) is 4.79 Å². The second kappa shape index (κ2) is 7.69. The summed E-state index contributed by atoms with van der Waals surface area (Å²) in [6.07, 6.45) is 7.01. The molecule has 0 bridgehead atoms. The van der Waals surface area contributed by atoms with E-state index < -0.39 is 5.60 Å². The van der Waals surface area contributed by atoms with Crippen LogP contribution >= 0.6 is 22.6 Å². The molecule has 0 radical (unpaired) electrons. The van der Waals surface area contributed by atoms with Gasteiger partial charge < -0.3 is 14.4 Å². The summed E-state index contributed by atoms with van der Waals surface area (Å²) in [5.74, 6) is 0.753. The molecule has 0 atom stereocenters. The molecule has 1 saturated carbocycles. The van der Waals surface area contributed by atoms with Crippen LogP contribution in [0.3, 0.4) is 0 Å². The van der Waals surface area contributed by atoms with E-state index in [1.54, 1.807) is 0 Å². The van der Waals surface area contributed by atoms with Crippen molar-refractivity contribution >= 4 is 28.7 Å². The van der Waals surface area contributed by atoms with Gasteiger partial charge in [0.15, 0.2) is 0 Å². The standard InChI is InChI=1S/C17H30INO3/c1-16(2,3)22-15(20)19-10-8-17(13-18,9-11-19)21-12-14-6-4-5-7-14/h14H,4-13H2,1-3H3. The van der Waals surface area contributed by atoms with Crippen molar-refractivity contribution in [3.8, 4) is 0 Å². The summed E-state index contributed by atoms with van der Waals surface area (Å²) >= 11 is 2.43. The Balaban J connectivity index is 1.81. The van der Waals surface area contributed by atoms with Crippen molar-refractivity contribution < 1.29 is 14.3 Å². The minimum Gasteiger partial charge on any atom is -0.444 e. The first kappa shape index (κ1) is 18.3. The molecule has 1 amide bonds. The van der Waals surface area contributed by atoms with Gasteiger partial charge in [-0.1, -0.05) is 35.4 Å². The summed E-state index contributed by atoms with van der Waals surface area (Å²) < 4.78 is 12.8. The summed E-state index contributed by atoms with van der Waals surface area (Å²) in [6.45, 7) is 8.11. The van der Waals surface area contributed by atoms with E-state index >= 15 is 0 Å². The van der Waals surface area contributed by atoms with Crippen molar-refractivity contribution in [3.63, 3.8) is 0 Å². The van der Waals surface area contributed by atoms with Crippen molar-refractivity contribution in [2.75, 3.05) is 24.1 Å². The number of carbonyl (C=O) groups excluding carboxylic acids is 1. The number of likely N-dealkylation sites (tertiary alicyclic amines) is 1. The van der Waals surface area contributed by atoms with Gasteiger partial charge in [0.05, 0.1) is 12.2 Å². The lowest BCUT2D eigenvalue weighted by Crippen LogP contribution is -2.50. The van der Waals surface area contributed by atoms with Crippen molar-refractivity contribution in [3.05, 3.63) is 0 Å². The topological polar surface area (TPSA) is 38.8 Å². The molecule has 0 aromatic carbocycles. The van der Waals surface area contributed by atoms with Gasteiger partial charge in [-0.2, -0.15) is 0 Å². The molecular weight excluding hydrogens is 393 g/mol. The number of hydrogen-bond donors (Lipinski definition) is 0. The van der Waals surface area contributed by atoms with Crippen LogP contribution in [0.2, 0.25) is 0 Å². The van der Waals surface area contributed by atoms with Gasteiger partial charge in [0.25, 0.3) is 0 Å². The molecule has 0 aromatic heterocycles. The van der Waals surface area contributed by atoms with Gasteiger partial charge in [0, 0.05) is 17.5 Å². The summed E-state index contributed by atoms with van der Waals surface area (Å²) in [5.41, 5.74) is -0.463. The predicted molar refractivity (Wildman–Crippen MR) is 96.6 cm³/mol. The number of amides is 1. The monoisotopic (exact) mass is 423 g/mol. The van der Waals surface area contributed by atoms with Crippen LogP contribution < -0.4 is 0 Å². The van der Waals surface area contributed by atoms with E-state index in [1.165, 1.54) is 25.7 Å². The number of nitrogens with zero attached hydrogens (tertiary/aromatic N) is 1. The average Bonchev–Trinajstić information content (AvgIpc) is 2.97. The van der Waals surface area contributed by atoms with Gasteiger partial charge in [-0.15, -0.1) is 0 Å². The Morgan fingerprint density at radius 2 is 1.82 bits per heavy atom. The molecule has 0 N–H and O–H groups in total. The lowest BCUT2D eigenvalue weighted by Gasteiger charge is -2.41. The Morgan fingerprint density at radius 1 is 1.23 bits per heavy atom. The van der Waals surface area contributed by atoms with Gasteiger partial charge in [0.2, 0.25) is 0 Å². The molecule has 22 heavy (non-hydrogen) atoms. The van der Waals surface area contributed by atoms with E-state index in [0.29, 0.717) is 0 Å². The van der Waals surface area contributed by atoms with E-state index in [2.05, 4.69) is 22.6 Å². The number of rotatable bonds is 4. The molecule has 1 saturated heterocycles. The Bertz CT molecular complexity index is 367. The second-order valence-corrected chi connectivity index (χ2v) is 8.51. The third kappa shape index (κ3) is 5.25. The van der Waals surface area contributed by atoms with E-state index in [1.807, 2.05) is 25.7 Å². The number of carbonyl (C=O) groups is 1. The van der Waals surface area contributed by atoms with Crippen LogP contribution in [0.25, 0.3) is 0 Å². The van der Waals surface area contributed by atoms with Crippen molar-refractivity contribution in [1.29, 1.82) is 0 Å². The Hall–Kier alpha value is -0.0400. The minimum atomic E-state index is -0.423. The molecule has 1 heterocycles. The van der Waals surface area contributed by atoms with Gasteiger partial charge in [-0.05, 0) is 52.4 Å². The van der Waals surface area contributed by atoms with Crippen LogP contribution in [0.5, 0.6) is 0 Å². The molecule has 2 rings (SSSR count). The van der Waals surface area contributed by atoms with Crippen LogP contribution in [-0.4, -0.2) is 46.3 Å². The molecule has 0 unspecified atom stereocenters. The van der Waals surface area contributed by atoms with E-state index in [4.69, 9.17) is 9.47 Å². The van der Waals surface area contributed by atoms with Crippen LogP contribution in [0.1, 0.15) is 59.3 Å². The van der Waals surface area contributed by atoms with E-state index in [9.17, 15) is 4.79 Å². The fraction of sp³-hybridized carbons (Fsp3) is 0.941. The Labute approximate surface area is 148 Å². The number of hydrogen-bond acceptors (Lipinski definition) is 3. The molecule has 0 aromatic rings. The summed E-state index contributed by atoms with van der Waals surface area (Å²) in [4.78, 5) is 14.0. The maximum atomic E-state index is 12.1. The third-order valence-corrected chi connectivity index (χ3v) is 6.06. The SMILES string of the molecule is CC(C)(C)OC(=O)N1CCC(CI)(OCC2CCCC2)CC1. The highest BCUT2D eigenvalue weighted by molar-refractivity contribution is 14.1. The highest BCUT2D eigenvalue weighted by Crippen LogP contribution is 2.32.